The zero-order valence-corrected chi connectivity index (χ0v) is 19.4. The summed E-state index contributed by atoms with van der Waals surface area (Å²) in [6.45, 7) is -0.200. The lowest BCUT2D eigenvalue weighted by molar-refractivity contribution is -0.276. The molecule has 0 bridgehead atoms. The summed E-state index contributed by atoms with van der Waals surface area (Å²) >= 11 is 5.73. The van der Waals surface area contributed by atoms with E-state index in [9.17, 15) is 21.6 Å². The Bertz CT molecular complexity index is 1300. The molecule has 0 saturated carbocycles. The SMILES string of the molecule is COC[C@@H]1COc2c(ccnc2OC(F)(F)F)-c2nnc(NS(=O)(=O)CCc3ncc(Cl)cn3)n21. The molecular formula is C18H17ClF3N7O5S. The number of ether oxygens (including phenoxy) is 3. The molecule has 4 rings (SSSR count). The fourth-order valence-electron chi connectivity index (χ4n) is 3.27. The van der Waals surface area contributed by atoms with E-state index in [0.29, 0.717) is 5.02 Å². The molecule has 0 unspecified atom stereocenters. The molecule has 4 heterocycles. The number of nitrogens with zero attached hydrogens (tertiary/aromatic N) is 6. The molecule has 12 nitrogen and oxygen atoms in total. The van der Waals surface area contributed by atoms with Gasteiger partial charge in [0.15, 0.2) is 11.6 Å². The van der Waals surface area contributed by atoms with Gasteiger partial charge in [0.25, 0.3) is 5.88 Å². The molecule has 3 aromatic rings. The summed E-state index contributed by atoms with van der Waals surface area (Å²) in [5.41, 5.74) is 0.0744. The van der Waals surface area contributed by atoms with E-state index in [0.717, 1.165) is 6.20 Å². The van der Waals surface area contributed by atoms with E-state index in [1.54, 1.807) is 0 Å². The second-order valence-corrected chi connectivity index (χ2v) is 9.44. The highest BCUT2D eigenvalue weighted by molar-refractivity contribution is 7.92. The standard InChI is InChI=1S/C18H17ClF3N7O5S/c1-32-8-11-9-33-14-12(2-4-23-16(14)34-18(20,21)22)15-26-27-17(29(11)15)28-35(30,31)5-3-13-24-6-10(19)7-25-13/h2,4,6-7,11H,3,5,8-9H2,1H3,(H,27,28)/t11-/m1/s1. The van der Waals surface area contributed by atoms with Crippen LogP contribution in [-0.2, 0) is 21.2 Å². The lowest BCUT2D eigenvalue weighted by Crippen LogP contribution is -2.26. The van der Waals surface area contributed by atoms with Crippen molar-refractivity contribution in [1.29, 1.82) is 0 Å². The van der Waals surface area contributed by atoms with Crippen molar-refractivity contribution < 1.29 is 35.8 Å². The first-order valence-corrected chi connectivity index (χ1v) is 11.9. The molecule has 188 valence electrons. The van der Waals surface area contributed by atoms with Crippen molar-refractivity contribution in [2.45, 2.75) is 18.8 Å². The van der Waals surface area contributed by atoms with Gasteiger partial charge in [-0.05, 0) is 6.07 Å². The van der Waals surface area contributed by atoms with Crippen molar-refractivity contribution >= 4 is 27.6 Å². The maximum absolute atomic E-state index is 12.8. The van der Waals surface area contributed by atoms with E-state index < -0.39 is 28.3 Å². The molecule has 17 heteroatoms. The predicted molar refractivity (Wildman–Crippen MR) is 114 cm³/mol. The number of aromatic nitrogens is 6. The first-order valence-electron chi connectivity index (χ1n) is 9.85. The monoisotopic (exact) mass is 535 g/mol. The van der Waals surface area contributed by atoms with Gasteiger partial charge in [-0.25, -0.2) is 23.4 Å². The number of hydrogen-bond donors (Lipinski definition) is 1. The van der Waals surface area contributed by atoms with E-state index in [-0.39, 0.29) is 54.3 Å². The van der Waals surface area contributed by atoms with Gasteiger partial charge in [0.2, 0.25) is 16.0 Å². The fourth-order valence-corrected chi connectivity index (χ4v) is 4.34. The minimum absolute atomic E-state index is 0.00918. The van der Waals surface area contributed by atoms with Crippen LogP contribution in [0.1, 0.15) is 11.9 Å². The molecule has 1 atom stereocenters. The Balaban J connectivity index is 1.66. The third-order valence-corrected chi connectivity index (χ3v) is 6.11. The zero-order valence-electron chi connectivity index (χ0n) is 17.9. The molecule has 1 aliphatic rings. The third kappa shape index (κ3) is 5.88. The summed E-state index contributed by atoms with van der Waals surface area (Å²) in [4.78, 5) is 11.5. The van der Waals surface area contributed by atoms with Gasteiger partial charge in [-0.15, -0.1) is 23.4 Å². The van der Waals surface area contributed by atoms with E-state index in [1.807, 2.05) is 0 Å². The minimum atomic E-state index is -5.01. The number of pyridine rings is 1. The highest BCUT2D eigenvalue weighted by Crippen LogP contribution is 2.42. The molecule has 1 aliphatic heterocycles. The molecule has 35 heavy (non-hydrogen) atoms. The average Bonchev–Trinajstić information content (AvgIpc) is 3.10. The number of alkyl halides is 3. The number of fused-ring (bicyclic) bond motifs is 3. The van der Waals surface area contributed by atoms with Crippen molar-refractivity contribution in [2.24, 2.45) is 0 Å². The maximum Gasteiger partial charge on any atom is 0.574 e. The van der Waals surface area contributed by atoms with Gasteiger partial charge < -0.3 is 14.2 Å². The van der Waals surface area contributed by atoms with Crippen LogP contribution in [0.2, 0.25) is 5.02 Å². The van der Waals surface area contributed by atoms with Gasteiger partial charge in [0, 0.05) is 32.1 Å². The Hall–Kier alpha value is -3.24. The highest BCUT2D eigenvalue weighted by atomic mass is 35.5. The summed E-state index contributed by atoms with van der Waals surface area (Å²) in [5, 5.41) is 8.20. The first-order chi connectivity index (χ1) is 16.6. The van der Waals surface area contributed by atoms with Gasteiger partial charge in [-0.3, -0.25) is 9.29 Å². The number of halogens is 4. The van der Waals surface area contributed by atoms with Crippen molar-refractivity contribution in [3.05, 3.63) is 35.5 Å². The molecule has 0 spiro atoms. The van der Waals surface area contributed by atoms with Crippen molar-refractivity contribution in [2.75, 3.05) is 30.8 Å². The van der Waals surface area contributed by atoms with Gasteiger partial charge in [-0.2, -0.15) is 0 Å². The van der Waals surface area contributed by atoms with Crippen molar-refractivity contribution in [3.63, 3.8) is 0 Å². The number of anilines is 1. The van der Waals surface area contributed by atoms with Gasteiger partial charge in [0.05, 0.1) is 29.0 Å². The number of rotatable bonds is 8. The Morgan fingerprint density at radius 3 is 2.69 bits per heavy atom. The molecule has 0 saturated heterocycles. The topological polar surface area (TPSA) is 143 Å². The van der Waals surface area contributed by atoms with E-state index in [1.165, 1.54) is 30.1 Å². The number of methoxy groups -OCH3 is 1. The van der Waals surface area contributed by atoms with Crippen LogP contribution >= 0.6 is 11.6 Å². The largest absolute Gasteiger partial charge is 0.574 e. The third-order valence-electron chi connectivity index (χ3n) is 4.68. The molecule has 3 aromatic heterocycles. The number of hydrogen-bond acceptors (Lipinski definition) is 10. The van der Waals surface area contributed by atoms with Crippen molar-refractivity contribution in [3.8, 4) is 23.0 Å². The lowest BCUT2D eigenvalue weighted by Gasteiger charge is -2.19. The maximum atomic E-state index is 12.8. The van der Waals surface area contributed by atoms with Crippen LogP contribution in [0.3, 0.4) is 0 Å². The summed E-state index contributed by atoms with van der Waals surface area (Å²) in [7, 11) is -2.56. The molecule has 0 aliphatic carbocycles. The van der Waals surface area contributed by atoms with Crippen LogP contribution in [0, 0.1) is 0 Å². The van der Waals surface area contributed by atoms with Crippen LogP contribution in [0.15, 0.2) is 24.7 Å². The van der Waals surface area contributed by atoms with Gasteiger partial charge >= 0.3 is 6.36 Å². The van der Waals surface area contributed by atoms with Crippen LogP contribution in [-0.4, -0.2) is 70.6 Å². The molecule has 0 amide bonds. The summed E-state index contributed by atoms with van der Waals surface area (Å²) in [6.07, 6.45) is -1.24. The predicted octanol–water partition coefficient (Wildman–Crippen LogP) is 2.25. The van der Waals surface area contributed by atoms with Crippen LogP contribution < -0.4 is 14.2 Å². The van der Waals surface area contributed by atoms with E-state index >= 15 is 0 Å². The minimum Gasteiger partial charge on any atom is -0.485 e. The smallest absolute Gasteiger partial charge is 0.485 e. The zero-order chi connectivity index (χ0) is 25.2. The number of aryl methyl sites for hydroxylation is 1. The highest BCUT2D eigenvalue weighted by Gasteiger charge is 2.36. The van der Waals surface area contributed by atoms with Gasteiger partial charge in [0.1, 0.15) is 12.4 Å². The molecule has 1 N–H and O–H groups in total. The Labute approximate surface area is 201 Å². The normalized spacial score (nSPS) is 15.5. The van der Waals surface area contributed by atoms with Gasteiger partial charge in [-0.1, -0.05) is 11.6 Å². The summed E-state index contributed by atoms with van der Waals surface area (Å²) in [6, 6.07) is 0.651. The molecule has 0 aromatic carbocycles. The number of sulfonamides is 1. The second kappa shape index (κ2) is 9.79. The Morgan fingerprint density at radius 2 is 2.00 bits per heavy atom. The molecule has 0 radical (unpaired) electrons. The summed E-state index contributed by atoms with van der Waals surface area (Å²) in [5.74, 6) is -1.38. The van der Waals surface area contributed by atoms with E-state index in [2.05, 4.69) is 34.6 Å². The van der Waals surface area contributed by atoms with Crippen molar-refractivity contribution in [1.82, 2.24) is 29.7 Å². The van der Waals surface area contributed by atoms with Crippen LogP contribution in [0.25, 0.3) is 11.4 Å². The van der Waals surface area contributed by atoms with Crippen LogP contribution in [0.4, 0.5) is 19.1 Å². The van der Waals surface area contributed by atoms with Crippen LogP contribution in [0.5, 0.6) is 11.6 Å². The van der Waals surface area contributed by atoms with E-state index in [4.69, 9.17) is 21.1 Å². The Kier molecular flexibility index (Phi) is 6.95. The fraction of sp³-hybridized carbons (Fsp3) is 0.389. The average molecular weight is 536 g/mol. The molecule has 0 fully saturated rings. The quantitative estimate of drug-likeness (QED) is 0.456. The lowest BCUT2D eigenvalue weighted by atomic mass is 10.2. The number of nitrogens with one attached hydrogen (secondary N) is 1. The Morgan fingerprint density at radius 1 is 1.26 bits per heavy atom. The first kappa shape index (κ1) is 24.9. The summed E-state index contributed by atoms with van der Waals surface area (Å²) < 4.78 is 82.5. The second-order valence-electron chi connectivity index (χ2n) is 7.17. The molecular weight excluding hydrogens is 519 g/mol.